The topological polar surface area (TPSA) is 58.4 Å². The number of hydrogen-bond donors (Lipinski definition) is 1. The van der Waals surface area contributed by atoms with E-state index < -0.39 is 10.7 Å². The Kier molecular flexibility index (Phi) is 5.23. The van der Waals surface area contributed by atoms with Crippen molar-refractivity contribution in [3.63, 3.8) is 0 Å². The molecule has 0 spiro atoms. The molecule has 0 bridgehead atoms. The van der Waals surface area contributed by atoms with E-state index in [-0.39, 0.29) is 11.7 Å². The van der Waals surface area contributed by atoms with Crippen molar-refractivity contribution in [1.29, 1.82) is 0 Å². The number of nitro benzene ring substituents is 1. The molecule has 1 rings (SSSR count). The summed E-state index contributed by atoms with van der Waals surface area (Å²) in [7, 11) is 3.94. The average molecular weight is 269 g/mol. The zero-order valence-electron chi connectivity index (χ0n) is 11.7. The first-order valence-electron chi connectivity index (χ1n) is 6.17. The minimum absolute atomic E-state index is 0.0750. The zero-order chi connectivity index (χ0) is 14.6. The molecule has 6 heteroatoms. The van der Waals surface area contributed by atoms with Gasteiger partial charge < -0.3 is 10.2 Å². The SMILES string of the molecule is Cc1cc(NC(C)CCN(C)C)c([N+](=O)[O-])cc1F. The maximum atomic E-state index is 13.4. The number of nitrogens with one attached hydrogen (secondary N) is 1. The molecular weight excluding hydrogens is 249 g/mol. The zero-order valence-corrected chi connectivity index (χ0v) is 11.7. The summed E-state index contributed by atoms with van der Waals surface area (Å²) in [5, 5.41) is 14.0. The van der Waals surface area contributed by atoms with Crippen LogP contribution in [0.5, 0.6) is 0 Å². The van der Waals surface area contributed by atoms with E-state index in [2.05, 4.69) is 5.32 Å². The van der Waals surface area contributed by atoms with Crippen molar-refractivity contribution in [2.24, 2.45) is 0 Å². The quantitative estimate of drug-likeness (QED) is 0.637. The third kappa shape index (κ3) is 4.48. The van der Waals surface area contributed by atoms with Crippen molar-refractivity contribution in [2.45, 2.75) is 26.3 Å². The van der Waals surface area contributed by atoms with E-state index in [0.29, 0.717) is 11.3 Å². The van der Waals surface area contributed by atoms with Crippen LogP contribution in [-0.2, 0) is 0 Å². The molecule has 19 heavy (non-hydrogen) atoms. The van der Waals surface area contributed by atoms with E-state index >= 15 is 0 Å². The molecule has 1 aromatic carbocycles. The molecule has 0 saturated carbocycles. The van der Waals surface area contributed by atoms with Gasteiger partial charge in [-0.15, -0.1) is 0 Å². The van der Waals surface area contributed by atoms with E-state index in [9.17, 15) is 14.5 Å². The fourth-order valence-corrected chi connectivity index (χ4v) is 1.73. The van der Waals surface area contributed by atoms with E-state index in [1.165, 1.54) is 6.07 Å². The fraction of sp³-hybridized carbons (Fsp3) is 0.538. The fourth-order valence-electron chi connectivity index (χ4n) is 1.73. The van der Waals surface area contributed by atoms with Gasteiger partial charge in [0, 0.05) is 6.04 Å². The van der Waals surface area contributed by atoms with Gasteiger partial charge in [-0.2, -0.15) is 0 Å². The minimum Gasteiger partial charge on any atom is -0.377 e. The molecular formula is C13H20FN3O2. The molecule has 0 fully saturated rings. The molecule has 1 N–H and O–H groups in total. The van der Waals surface area contributed by atoms with Crippen LogP contribution in [0.4, 0.5) is 15.8 Å². The van der Waals surface area contributed by atoms with Gasteiger partial charge in [0.15, 0.2) is 0 Å². The van der Waals surface area contributed by atoms with Crippen LogP contribution in [0.15, 0.2) is 12.1 Å². The van der Waals surface area contributed by atoms with E-state index in [1.807, 2.05) is 25.9 Å². The van der Waals surface area contributed by atoms with Crippen molar-refractivity contribution in [3.8, 4) is 0 Å². The third-order valence-electron chi connectivity index (χ3n) is 2.88. The maximum Gasteiger partial charge on any atom is 0.295 e. The van der Waals surface area contributed by atoms with Crippen molar-refractivity contribution >= 4 is 11.4 Å². The van der Waals surface area contributed by atoms with Crippen LogP contribution >= 0.6 is 0 Å². The molecule has 0 amide bonds. The van der Waals surface area contributed by atoms with Gasteiger partial charge in [-0.3, -0.25) is 10.1 Å². The largest absolute Gasteiger partial charge is 0.377 e. The summed E-state index contributed by atoms with van der Waals surface area (Å²) in [5.74, 6) is -0.557. The standard InChI is InChI=1S/C13H20FN3O2/c1-9-7-12(13(17(18)19)8-11(9)14)15-10(2)5-6-16(3)4/h7-8,10,15H,5-6H2,1-4H3. The second kappa shape index (κ2) is 6.47. The Hall–Kier alpha value is -1.69. The minimum atomic E-state index is -0.566. The first-order valence-corrected chi connectivity index (χ1v) is 6.17. The number of nitrogens with zero attached hydrogens (tertiary/aromatic N) is 2. The lowest BCUT2D eigenvalue weighted by Crippen LogP contribution is -2.23. The molecule has 0 heterocycles. The van der Waals surface area contributed by atoms with Crippen LogP contribution in [0.1, 0.15) is 18.9 Å². The van der Waals surface area contributed by atoms with Gasteiger partial charge in [0.05, 0.1) is 11.0 Å². The van der Waals surface area contributed by atoms with Gasteiger partial charge in [-0.05, 0) is 52.5 Å². The molecule has 0 saturated heterocycles. The molecule has 0 radical (unpaired) electrons. The van der Waals surface area contributed by atoms with E-state index in [1.54, 1.807) is 6.92 Å². The molecule has 0 aromatic heterocycles. The van der Waals surface area contributed by atoms with Crippen molar-refractivity contribution in [2.75, 3.05) is 26.0 Å². The van der Waals surface area contributed by atoms with Crippen LogP contribution in [0, 0.1) is 22.9 Å². The highest BCUT2D eigenvalue weighted by Gasteiger charge is 2.18. The highest BCUT2D eigenvalue weighted by Crippen LogP contribution is 2.28. The molecule has 1 atom stereocenters. The summed E-state index contributed by atoms with van der Waals surface area (Å²) in [4.78, 5) is 12.4. The van der Waals surface area contributed by atoms with Gasteiger partial charge in [-0.1, -0.05) is 0 Å². The van der Waals surface area contributed by atoms with Crippen LogP contribution in [0.3, 0.4) is 0 Å². The molecule has 0 aliphatic rings. The number of benzene rings is 1. The number of anilines is 1. The number of halogens is 1. The number of rotatable bonds is 6. The first kappa shape index (κ1) is 15.4. The van der Waals surface area contributed by atoms with Crippen LogP contribution in [-0.4, -0.2) is 36.5 Å². The Labute approximate surface area is 112 Å². The van der Waals surface area contributed by atoms with Gasteiger partial charge in [0.25, 0.3) is 5.69 Å². The molecule has 5 nitrogen and oxygen atoms in total. The summed E-state index contributed by atoms with van der Waals surface area (Å²) in [6, 6.07) is 2.53. The Morgan fingerprint density at radius 3 is 2.63 bits per heavy atom. The lowest BCUT2D eigenvalue weighted by molar-refractivity contribution is -0.384. The Morgan fingerprint density at radius 1 is 1.47 bits per heavy atom. The molecule has 106 valence electrons. The summed E-state index contributed by atoms with van der Waals surface area (Å²) in [6.07, 6.45) is 0.848. The smallest absolute Gasteiger partial charge is 0.295 e. The van der Waals surface area contributed by atoms with E-state index in [0.717, 1.165) is 19.0 Å². The molecule has 1 unspecified atom stereocenters. The molecule has 0 aliphatic carbocycles. The van der Waals surface area contributed by atoms with Gasteiger partial charge in [0.1, 0.15) is 11.5 Å². The summed E-state index contributed by atoms with van der Waals surface area (Å²) in [6.45, 7) is 4.42. The number of nitro groups is 1. The van der Waals surface area contributed by atoms with E-state index in [4.69, 9.17) is 0 Å². The summed E-state index contributed by atoms with van der Waals surface area (Å²) < 4.78 is 13.4. The predicted molar refractivity (Wildman–Crippen MR) is 74.0 cm³/mol. The lowest BCUT2D eigenvalue weighted by atomic mass is 10.1. The molecule has 1 aromatic rings. The first-order chi connectivity index (χ1) is 8.81. The van der Waals surface area contributed by atoms with Crippen LogP contribution < -0.4 is 5.32 Å². The third-order valence-corrected chi connectivity index (χ3v) is 2.88. The van der Waals surface area contributed by atoms with Crippen molar-refractivity contribution in [3.05, 3.63) is 33.6 Å². The monoisotopic (exact) mass is 269 g/mol. The highest BCUT2D eigenvalue weighted by atomic mass is 19.1. The van der Waals surface area contributed by atoms with Gasteiger partial charge >= 0.3 is 0 Å². The normalized spacial score (nSPS) is 12.5. The Bertz CT molecular complexity index is 463. The summed E-state index contributed by atoms with van der Waals surface area (Å²) >= 11 is 0. The van der Waals surface area contributed by atoms with Gasteiger partial charge in [0.2, 0.25) is 0 Å². The van der Waals surface area contributed by atoms with Crippen molar-refractivity contribution < 1.29 is 9.31 Å². The van der Waals surface area contributed by atoms with Crippen LogP contribution in [0.2, 0.25) is 0 Å². The Balaban J connectivity index is 2.87. The second-order valence-electron chi connectivity index (χ2n) is 5.01. The van der Waals surface area contributed by atoms with Gasteiger partial charge in [-0.25, -0.2) is 4.39 Å². The second-order valence-corrected chi connectivity index (χ2v) is 5.01. The summed E-state index contributed by atoms with van der Waals surface area (Å²) in [5.41, 5.74) is 0.544. The maximum absolute atomic E-state index is 13.4. The number of hydrogen-bond acceptors (Lipinski definition) is 4. The lowest BCUT2D eigenvalue weighted by Gasteiger charge is -2.18. The molecule has 0 aliphatic heterocycles. The number of aryl methyl sites for hydroxylation is 1. The van der Waals surface area contributed by atoms with Crippen molar-refractivity contribution in [1.82, 2.24) is 4.90 Å². The average Bonchev–Trinajstić information content (AvgIpc) is 2.30. The Morgan fingerprint density at radius 2 is 2.11 bits per heavy atom. The van der Waals surface area contributed by atoms with Crippen LogP contribution in [0.25, 0.3) is 0 Å². The predicted octanol–water partition coefficient (Wildman–Crippen LogP) is 2.79. The highest BCUT2D eigenvalue weighted by molar-refractivity contribution is 5.63.